The lowest BCUT2D eigenvalue weighted by atomic mass is 9.92. The Hall–Kier alpha value is -5.74. The Balaban J connectivity index is 1.42. The van der Waals surface area contributed by atoms with Crippen molar-refractivity contribution in [1.82, 2.24) is 19.9 Å². The lowest BCUT2D eigenvalue weighted by molar-refractivity contribution is 1.36. The van der Waals surface area contributed by atoms with Gasteiger partial charge in [-0.05, 0) is 34.0 Å². The number of aromatic nitrogens is 4. The molecule has 4 nitrogen and oxygen atoms in total. The molecule has 9 rings (SSSR count). The van der Waals surface area contributed by atoms with E-state index in [2.05, 4.69) is 154 Å². The minimum absolute atomic E-state index is 1.07. The van der Waals surface area contributed by atoms with Crippen molar-refractivity contribution in [3.63, 3.8) is 0 Å². The Morgan fingerprint density at radius 2 is 0.786 bits per heavy atom. The molecule has 0 aliphatic rings. The molecule has 42 heavy (non-hydrogen) atoms. The molecule has 9 aromatic rings. The molecule has 4 N–H and O–H groups in total. The maximum atomic E-state index is 3.88. The third kappa shape index (κ3) is 3.36. The molecule has 0 aliphatic carbocycles. The first-order valence-electron chi connectivity index (χ1n) is 14.3. The van der Waals surface area contributed by atoms with Crippen LogP contribution in [-0.4, -0.2) is 19.9 Å². The van der Waals surface area contributed by atoms with Gasteiger partial charge in [-0.25, -0.2) is 0 Å². The number of H-pyrrole nitrogens is 4. The number of nitrogens with one attached hydrogen (secondary N) is 4. The molecule has 0 bridgehead atoms. The van der Waals surface area contributed by atoms with E-state index in [1.807, 2.05) is 0 Å². The monoisotopic (exact) mass is 538 g/mol. The van der Waals surface area contributed by atoms with Crippen molar-refractivity contribution < 1.29 is 0 Å². The smallest absolute Gasteiger partial charge is 0.0699 e. The molecular weight excluding hydrogens is 512 g/mol. The van der Waals surface area contributed by atoms with Crippen LogP contribution in [0.3, 0.4) is 0 Å². The molecular formula is C38H26N4. The van der Waals surface area contributed by atoms with Gasteiger partial charge in [-0.2, -0.15) is 0 Å². The highest BCUT2D eigenvalue weighted by Crippen LogP contribution is 2.46. The van der Waals surface area contributed by atoms with Crippen LogP contribution in [-0.2, 0) is 0 Å². The van der Waals surface area contributed by atoms with Gasteiger partial charge in [0, 0.05) is 45.1 Å². The van der Waals surface area contributed by atoms with E-state index in [4.69, 9.17) is 0 Å². The number of hydrogen-bond acceptors (Lipinski definition) is 0. The Morgan fingerprint density at radius 3 is 1.24 bits per heavy atom. The van der Waals surface area contributed by atoms with Gasteiger partial charge in [0.15, 0.2) is 0 Å². The molecule has 0 saturated carbocycles. The number of hydrogen-bond donors (Lipinski definition) is 4. The number of fused-ring (bicyclic) bond motifs is 4. The molecule has 0 spiro atoms. The minimum atomic E-state index is 1.07. The summed E-state index contributed by atoms with van der Waals surface area (Å²) in [5.74, 6) is 0. The second kappa shape index (κ2) is 8.88. The van der Waals surface area contributed by atoms with Crippen LogP contribution in [0.25, 0.3) is 88.4 Å². The van der Waals surface area contributed by atoms with Crippen LogP contribution in [0.5, 0.6) is 0 Å². The summed E-state index contributed by atoms with van der Waals surface area (Å²) >= 11 is 0. The Labute approximate surface area is 241 Å². The van der Waals surface area contributed by atoms with E-state index in [9.17, 15) is 0 Å². The van der Waals surface area contributed by atoms with Crippen molar-refractivity contribution in [1.29, 1.82) is 0 Å². The Bertz CT molecular complexity index is 2170. The van der Waals surface area contributed by atoms with Crippen LogP contribution in [0.1, 0.15) is 0 Å². The topological polar surface area (TPSA) is 63.2 Å². The van der Waals surface area contributed by atoms with Gasteiger partial charge >= 0.3 is 0 Å². The van der Waals surface area contributed by atoms with Crippen LogP contribution in [0.15, 0.2) is 134 Å². The van der Waals surface area contributed by atoms with Gasteiger partial charge in [-0.1, -0.05) is 109 Å². The average Bonchev–Trinajstić information content (AvgIpc) is 3.84. The zero-order chi connectivity index (χ0) is 27.6. The van der Waals surface area contributed by atoms with Crippen molar-refractivity contribution in [3.8, 4) is 45.0 Å². The third-order valence-electron chi connectivity index (χ3n) is 8.54. The van der Waals surface area contributed by atoms with Crippen LogP contribution >= 0.6 is 0 Å². The van der Waals surface area contributed by atoms with Gasteiger partial charge in [-0.3, -0.25) is 0 Å². The highest BCUT2D eigenvalue weighted by atomic mass is 14.8. The molecule has 4 aromatic heterocycles. The van der Waals surface area contributed by atoms with Gasteiger partial charge in [0.2, 0.25) is 0 Å². The van der Waals surface area contributed by atoms with Gasteiger partial charge < -0.3 is 19.9 Å². The zero-order valence-corrected chi connectivity index (χ0v) is 22.7. The second-order valence-electron chi connectivity index (χ2n) is 10.9. The first kappa shape index (κ1) is 23.0. The predicted octanol–water partition coefficient (Wildman–Crippen LogP) is 10.3. The number of rotatable bonds is 4. The van der Waals surface area contributed by atoms with Crippen molar-refractivity contribution in [3.05, 3.63) is 134 Å². The molecule has 4 heteroatoms. The largest absolute Gasteiger partial charge is 0.359 e. The SMILES string of the molecule is c1ccc(-c2c3cc(-c4[nH]cc5ccccc45)[nH]c3c(-c3ccccc3)c3cc(-c4[nH]cc5ccccc45)[nH]c23)cc1. The summed E-state index contributed by atoms with van der Waals surface area (Å²) in [7, 11) is 0. The lowest BCUT2D eigenvalue weighted by Crippen LogP contribution is -1.88. The van der Waals surface area contributed by atoms with Crippen LogP contribution in [0, 0.1) is 0 Å². The lowest BCUT2D eigenvalue weighted by Gasteiger charge is -2.12. The van der Waals surface area contributed by atoms with E-state index in [1.54, 1.807) is 0 Å². The number of aromatic amines is 4. The molecule has 0 fully saturated rings. The third-order valence-corrected chi connectivity index (χ3v) is 8.54. The van der Waals surface area contributed by atoms with Crippen LogP contribution in [0.4, 0.5) is 0 Å². The van der Waals surface area contributed by atoms with Crippen LogP contribution in [0.2, 0.25) is 0 Å². The summed E-state index contributed by atoms with van der Waals surface area (Å²) in [6.45, 7) is 0. The minimum Gasteiger partial charge on any atom is -0.359 e. The maximum Gasteiger partial charge on any atom is 0.0699 e. The molecule has 4 heterocycles. The summed E-state index contributed by atoms with van der Waals surface area (Å²) < 4.78 is 0. The summed E-state index contributed by atoms with van der Waals surface area (Å²) in [6.07, 6.45) is 4.17. The van der Waals surface area contributed by atoms with Crippen molar-refractivity contribution in [2.75, 3.05) is 0 Å². The van der Waals surface area contributed by atoms with E-state index < -0.39 is 0 Å². The van der Waals surface area contributed by atoms with E-state index in [0.717, 1.165) is 33.8 Å². The molecule has 198 valence electrons. The fraction of sp³-hybridized carbons (Fsp3) is 0. The molecule has 5 aromatic carbocycles. The van der Waals surface area contributed by atoms with Gasteiger partial charge in [0.1, 0.15) is 0 Å². The zero-order valence-electron chi connectivity index (χ0n) is 22.7. The Morgan fingerprint density at radius 1 is 0.381 bits per heavy atom. The molecule has 0 saturated heterocycles. The highest BCUT2D eigenvalue weighted by Gasteiger charge is 2.23. The van der Waals surface area contributed by atoms with Crippen LogP contribution < -0.4 is 0 Å². The van der Waals surface area contributed by atoms with E-state index in [1.165, 1.54) is 54.6 Å². The molecule has 0 unspecified atom stereocenters. The fourth-order valence-corrected chi connectivity index (χ4v) is 6.65. The van der Waals surface area contributed by atoms with Gasteiger partial charge in [0.05, 0.1) is 33.8 Å². The molecule has 0 amide bonds. The van der Waals surface area contributed by atoms with E-state index in [-0.39, 0.29) is 0 Å². The predicted molar refractivity (Wildman–Crippen MR) is 176 cm³/mol. The van der Waals surface area contributed by atoms with Crippen molar-refractivity contribution >= 4 is 43.4 Å². The summed E-state index contributed by atoms with van der Waals surface area (Å²) in [4.78, 5) is 14.9. The first-order chi connectivity index (χ1) is 20.8. The number of benzene rings is 5. The summed E-state index contributed by atoms with van der Waals surface area (Å²) in [5.41, 5.74) is 11.3. The van der Waals surface area contributed by atoms with Gasteiger partial charge in [-0.15, -0.1) is 0 Å². The summed E-state index contributed by atoms with van der Waals surface area (Å²) in [6, 6.07) is 43.1. The average molecular weight is 539 g/mol. The van der Waals surface area contributed by atoms with E-state index >= 15 is 0 Å². The molecule has 0 radical (unpaired) electrons. The van der Waals surface area contributed by atoms with Gasteiger partial charge in [0.25, 0.3) is 0 Å². The first-order valence-corrected chi connectivity index (χ1v) is 14.3. The Kier molecular flexibility index (Phi) is 4.87. The van der Waals surface area contributed by atoms with Crippen molar-refractivity contribution in [2.24, 2.45) is 0 Å². The van der Waals surface area contributed by atoms with Crippen molar-refractivity contribution in [2.45, 2.75) is 0 Å². The normalized spacial score (nSPS) is 11.8. The molecule has 0 aliphatic heterocycles. The molecule has 0 atom stereocenters. The fourth-order valence-electron chi connectivity index (χ4n) is 6.65. The van der Waals surface area contributed by atoms with E-state index in [0.29, 0.717) is 0 Å². The maximum absolute atomic E-state index is 3.88. The quantitative estimate of drug-likeness (QED) is 0.172. The summed E-state index contributed by atoms with van der Waals surface area (Å²) in [5, 5.41) is 7.19. The highest BCUT2D eigenvalue weighted by molar-refractivity contribution is 6.21. The second-order valence-corrected chi connectivity index (χ2v) is 10.9. The standard InChI is InChI=1S/C38H26N4/c1-3-11-23(12-4-1)33-29-19-31(35-27-17-9-7-15-25(27)21-39-35)42-38(29)34(24-13-5-2-6-14-24)30-20-32(41-37(30)33)36-28-18-10-8-16-26(28)22-40-36/h1-22,39-42H.